The van der Waals surface area contributed by atoms with Crippen molar-refractivity contribution < 1.29 is 14.7 Å². The van der Waals surface area contributed by atoms with Gasteiger partial charge in [-0.2, -0.15) is 0 Å². The number of nitrogens with one attached hydrogen (secondary N) is 1. The summed E-state index contributed by atoms with van der Waals surface area (Å²) in [4.78, 5) is 26.7. The van der Waals surface area contributed by atoms with Crippen molar-refractivity contribution in [1.29, 1.82) is 0 Å². The number of aliphatic carboxylic acids is 1. The third-order valence-electron chi connectivity index (χ3n) is 4.87. The Bertz CT molecular complexity index is 1050. The fraction of sp³-hybridized carbons (Fsp3) is 0.0833. The number of hydrogen-bond acceptors (Lipinski definition) is 4. The molecule has 0 radical (unpaired) electrons. The minimum absolute atomic E-state index is 0.273. The molecule has 1 aliphatic heterocycles. The molecule has 0 unspecified atom stereocenters. The SMILES string of the molecule is O=C([O-])CC1=C(Nc2ccccc2)C(=O)N(c2ccccc2)[C@@H]1c1ccccc1. The van der Waals surface area contributed by atoms with Crippen molar-refractivity contribution in [2.24, 2.45) is 0 Å². The van der Waals surface area contributed by atoms with Crippen LogP contribution in [0, 0.1) is 0 Å². The van der Waals surface area contributed by atoms with Gasteiger partial charge in [-0.15, -0.1) is 0 Å². The molecule has 0 aliphatic carbocycles. The number of carboxylic acids is 1. The predicted molar refractivity (Wildman–Crippen MR) is 110 cm³/mol. The molecule has 1 atom stereocenters. The van der Waals surface area contributed by atoms with E-state index in [1.165, 1.54) is 0 Å². The van der Waals surface area contributed by atoms with Gasteiger partial charge in [0.25, 0.3) is 5.91 Å². The number of nitrogens with zero attached hydrogens (tertiary/aromatic N) is 1. The molecule has 0 aromatic heterocycles. The minimum atomic E-state index is -1.23. The van der Waals surface area contributed by atoms with Gasteiger partial charge in [-0.3, -0.25) is 9.69 Å². The van der Waals surface area contributed by atoms with E-state index in [9.17, 15) is 14.7 Å². The maximum Gasteiger partial charge on any atom is 0.275 e. The van der Waals surface area contributed by atoms with E-state index in [1.807, 2.05) is 91.0 Å². The number of benzene rings is 3. The smallest absolute Gasteiger partial charge is 0.275 e. The van der Waals surface area contributed by atoms with Gasteiger partial charge >= 0.3 is 0 Å². The Labute approximate surface area is 168 Å². The van der Waals surface area contributed by atoms with Crippen molar-refractivity contribution in [3.05, 3.63) is 108 Å². The van der Waals surface area contributed by atoms with Gasteiger partial charge in [0.05, 0.1) is 6.04 Å². The first-order valence-electron chi connectivity index (χ1n) is 9.33. The number of carboxylic acid groups (broad SMARTS) is 1. The number of rotatable bonds is 6. The summed E-state index contributed by atoms with van der Waals surface area (Å²) in [5.74, 6) is -1.50. The molecule has 5 heteroatoms. The van der Waals surface area contributed by atoms with Crippen LogP contribution in [0.25, 0.3) is 0 Å². The van der Waals surface area contributed by atoms with Crippen LogP contribution in [-0.2, 0) is 9.59 Å². The summed E-state index contributed by atoms with van der Waals surface area (Å²) < 4.78 is 0. The highest BCUT2D eigenvalue weighted by Crippen LogP contribution is 2.42. The van der Waals surface area contributed by atoms with Crippen LogP contribution in [0.3, 0.4) is 0 Å². The predicted octanol–water partition coefficient (Wildman–Crippen LogP) is 3.28. The van der Waals surface area contributed by atoms with Crippen molar-refractivity contribution in [1.82, 2.24) is 0 Å². The molecule has 0 fully saturated rings. The van der Waals surface area contributed by atoms with E-state index >= 15 is 0 Å². The minimum Gasteiger partial charge on any atom is -0.550 e. The summed E-state index contributed by atoms with van der Waals surface area (Å²) >= 11 is 0. The van der Waals surface area contributed by atoms with E-state index in [2.05, 4.69) is 5.32 Å². The number of carbonyl (C=O) groups excluding carboxylic acids is 2. The van der Waals surface area contributed by atoms with Gasteiger partial charge in [0.2, 0.25) is 0 Å². The monoisotopic (exact) mass is 383 g/mol. The highest BCUT2D eigenvalue weighted by atomic mass is 16.4. The number of anilines is 2. The molecule has 0 bridgehead atoms. The lowest BCUT2D eigenvalue weighted by Crippen LogP contribution is -2.31. The maximum atomic E-state index is 13.5. The number of amides is 1. The molecule has 4 rings (SSSR count). The quantitative estimate of drug-likeness (QED) is 0.709. The summed E-state index contributed by atoms with van der Waals surface area (Å²) in [5.41, 5.74) is 3.01. The molecule has 0 spiro atoms. The lowest BCUT2D eigenvalue weighted by Gasteiger charge is -2.27. The van der Waals surface area contributed by atoms with Crippen LogP contribution in [0.15, 0.2) is 102 Å². The van der Waals surface area contributed by atoms with E-state index in [4.69, 9.17) is 0 Å². The zero-order chi connectivity index (χ0) is 20.2. The molecule has 1 aliphatic rings. The summed E-state index contributed by atoms with van der Waals surface area (Å²) in [6, 6.07) is 27.4. The molecule has 5 nitrogen and oxygen atoms in total. The lowest BCUT2D eigenvalue weighted by atomic mass is 9.96. The van der Waals surface area contributed by atoms with E-state index < -0.39 is 12.0 Å². The second kappa shape index (κ2) is 8.02. The summed E-state index contributed by atoms with van der Waals surface area (Å²) in [6.07, 6.45) is -0.343. The van der Waals surface area contributed by atoms with Crippen LogP contribution in [0.4, 0.5) is 11.4 Å². The van der Waals surface area contributed by atoms with Gasteiger partial charge in [-0.1, -0.05) is 66.7 Å². The van der Waals surface area contributed by atoms with Gasteiger partial charge in [0.1, 0.15) is 5.70 Å². The number of para-hydroxylation sites is 2. The first kappa shape index (κ1) is 18.5. The Morgan fingerprint density at radius 2 is 1.41 bits per heavy atom. The molecule has 0 saturated heterocycles. The molecule has 1 N–H and O–H groups in total. The normalized spacial score (nSPS) is 16.2. The van der Waals surface area contributed by atoms with Crippen LogP contribution in [0.5, 0.6) is 0 Å². The van der Waals surface area contributed by atoms with E-state index in [0.717, 1.165) is 5.56 Å². The molecule has 0 saturated carbocycles. The van der Waals surface area contributed by atoms with E-state index in [-0.39, 0.29) is 18.0 Å². The van der Waals surface area contributed by atoms with E-state index in [1.54, 1.807) is 4.90 Å². The van der Waals surface area contributed by atoms with Gasteiger partial charge in [0.15, 0.2) is 0 Å². The van der Waals surface area contributed by atoms with E-state index in [0.29, 0.717) is 16.9 Å². The van der Waals surface area contributed by atoms with Crippen LogP contribution < -0.4 is 15.3 Å². The second-order valence-electron chi connectivity index (χ2n) is 6.76. The Morgan fingerprint density at radius 3 is 2.00 bits per heavy atom. The average Bonchev–Trinajstić information content (AvgIpc) is 3.01. The molecule has 3 aromatic carbocycles. The number of hydrogen-bond donors (Lipinski definition) is 1. The molecule has 29 heavy (non-hydrogen) atoms. The Balaban J connectivity index is 1.87. The largest absolute Gasteiger partial charge is 0.550 e. The van der Waals surface area contributed by atoms with Gasteiger partial charge < -0.3 is 15.2 Å². The molecule has 1 amide bonds. The van der Waals surface area contributed by atoms with Crippen molar-refractivity contribution in [2.45, 2.75) is 12.5 Å². The molecular weight excluding hydrogens is 364 g/mol. The van der Waals surface area contributed by atoms with Crippen molar-refractivity contribution >= 4 is 23.3 Å². The Hall–Kier alpha value is -3.86. The second-order valence-corrected chi connectivity index (χ2v) is 6.76. The van der Waals surface area contributed by atoms with Gasteiger partial charge in [0, 0.05) is 23.8 Å². The lowest BCUT2D eigenvalue weighted by molar-refractivity contribution is -0.304. The summed E-state index contributed by atoms with van der Waals surface area (Å²) in [5, 5.41) is 14.7. The third kappa shape index (κ3) is 3.75. The average molecular weight is 383 g/mol. The molecule has 1 heterocycles. The third-order valence-corrected chi connectivity index (χ3v) is 4.87. The number of carbonyl (C=O) groups is 2. The van der Waals surface area contributed by atoms with Crippen LogP contribution >= 0.6 is 0 Å². The summed E-state index contributed by atoms with van der Waals surface area (Å²) in [7, 11) is 0. The van der Waals surface area contributed by atoms with Gasteiger partial charge in [-0.25, -0.2) is 0 Å². The molecular formula is C24H19N2O3-. The summed E-state index contributed by atoms with van der Waals surface area (Å²) in [6.45, 7) is 0. The zero-order valence-corrected chi connectivity index (χ0v) is 15.6. The highest BCUT2D eigenvalue weighted by molar-refractivity contribution is 6.12. The standard InChI is InChI=1S/C24H20N2O3/c27-21(28)16-20-22(25-18-12-6-2-7-13-18)24(29)26(19-14-8-3-9-15-19)23(20)17-10-4-1-5-11-17/h1-15,23,25H,16H2,(H,27,28)/p-1/t23-/m1/s1. The van der Waals surface area contributed by atoms with Crippen molar-refractivity contribution in [3.8, 4) is 0 Å². The van der Waals surface area contributed by atoms with Gasteiger partial charge in [-0.05, 0) is 35.4 Å². The first-order valence-corrected chi connectivity index (χ1v) is 9.33. The fourth-order valence-corrected chi connectivity index (χ4v) is 3.65. The fourth-order valence-electron chi connectivity index (χ4n) is 3.65. The Kier molecular flexibility index (Phi) is 5.12. The van der Waals surface area contributed by atoms with Crippen LogP contribution in [-0.4, -0.2) is 11.9 Å². The highest BCUT2D eigenvalue weighted by Gasteiger charge is 2.40. The maximum absolute atomic E-state index is 13.5. The molecule has 3 aromatic rings. The molecule has 144 valence electrons. The van der Waals surface area contributed by atoms with Crippen molar-refractivity contribution in [2.75, 3.05) is 10.2 Å². The zero-order valence-electron chi connectivity index (χ0n) is 15.6. The first-order chi connectivity index (χ1) is 14.1. The van der Waals surface area contributed by atoms with Crippen molar-refractivity contribution in [3.63, 3.8) is 0 Å². The topological polar surface area (TPSA) is 72.5 Å². The Morgan fingerprint density at radius 1 is 0.862 bits per heavy atom. The van der Waals surface area contributed by atoms with Crippen LogP contribution in [0.1, 0.15) is 18.0 Å². The van der Waals surface area contributed by atoms with Crippen LogP contribution in [0.2, 0.25) is 0 Å².